The number of primary amides is 1. The summed E-state index contributed by atoms with van der Waals surface area (Å²) in [6, 6.07) is 0. The van der Waals surface area contributed by atoms with Crippen molar-refractivity contribution in [2.75, 3.05) is 13.1 Å². The molecule has 0 bridgehead atoms. The molecule has 0 saturated carbocycles. The minimum absolute atomic E-state index is 0.0190. The van der Waals surface area contributed by atoms with E-state index in [0.717, 1.165) is 32.2 Å². The fraction of sp³-hybridized carbons (Fsp3) is 0.500. The molecule has 0 aromatic carbocycles. The summed E-state index contributed by atoms with van der Waals surface area (Å²) in [5, 5.41) is 0.982. The van der Waals surface area contributed by atoms with E-state index in [1.54, 1.807) is 0 Å². The van der Waals surface area contributed by atoms with Crippen LogP contribution in [-0.2, 0) is 4.79 Å². The first-order valence-corrected chi connectivity index (χ1v) is 8.53. The fourth-order valence-corrected chi connectivity index (χ4v) is 4.43. The molecular formula is C16H20N4O2S. The third-order valence-electron chi connectivity index (χ3n) is 4.46. The van der Waals surface area contributed by atoms with Crippen LogP contribution < -0.4 is 5.73 Å². The quantitative estimate of drug-likeness (QED) is 0.910. The Labute approximate surface area is 138 Å². The lowest BCUT2D eigenvalue weighted by Gasteiger charge is -2.30. The van der Waals surface area contributed by atoms with Crippen molar-refractivity contribution in [2.24, 2.45) is 11.7 Å². The first kappa shape index (κ1) is 15.9. The molecule has 0 atom stereocenters. The number of thiophene rings is 1. The Morgan fingerprint density at radius 2 is 1.83 bits per heavy atom. The highest BCUT2D eigenvalue weighted by Crippen LogP contribution is 2.32. The number of piperidine rings is 1. The summed E-state index contributed by atoms with van der Waals surface area (Å²) in [4.78, 5) is 36.3. The third kappa shape index (κ3) is 2.81. The van der Waals surface area contributed by atoms with Crippen LogP contribution in [0.2, 0.25) is 0 Å². The van der Waals surface area contributed by atoms with E-state index in [0.29, 0.717) is 25.9 Å². The van der Waals surface area contributed by atoms with Crippen LogP contribution >= 0.6 is 11.3 Å². The van der Waals surface area contributed by atoms with E-state index in [1.807, 2.05) is 25.7 Å². The van der Waals surface area contributed by atoms with Crippen LogP contribution in [0.15, 0.2) is 0 Å². The molecule has 1 saturated heterocycles. The maximum Gasteiger partial charge on any atom is 0.264 e. The highest BCUT2D eigenvalue weighted by molar-refractivity contribution is 7.20. The molecule has 1 aliphatic heterocycles. The molecule has 23 heavy (non-hydrogen) atoms. The molecule has 7 heteroatoms. The van der Waals surface area contributed by atoms with Gasteiger partial charge in [0, 0.05) is 30.1 Å². The summed E-state index contributed by atoms with van der Waals surface area (Å²) in [5.41, 5.74) is 7.21. The second-order valence-electron chi connectivity index (χ2n) is 6.06. The van der Waals surface area contributed by atoms with Crippen LogP contribution in [0.25, 0.3) is 10.2 Å². The molecule has 2 aromatic rings. The van der Waals surface area contributed by atoms with E-state index in [2.05, 4.69) is 9.97 Å². The Morgan fingerprint density at radius 3 is 2.43 bits per heavy atom. The number of rotatable bonds is 2. The molecule has 1 aliphatic rings. The van der Waals surface area contributed by atoms with Gasteiger partial charge in [0.25, 0.3) is 5.91 Å². The van der Waals surface area contributed by atoms with Crippen molar-refractivity contribution < 1.29 is 9.59 Å². The topological polar surface area (TPSA) is 89.2 Å². The lowest BCUT2D eigenvalue weighted by atomic mass is 9.96. The van der Waals surface area contributed by atoms with E-state index < -0.39 is 0 Å². The van der Waals surface area contributed by atoms with Gasteiger partial charge >= 0.3 is 0 Å². The van der Waals surface area contributed by atoms with Gasteiger partial charge in [0.15, 0.2) is 0 Å². The number of amides is 2. The van der Waals surface area contributed by atoms with Crippen molar-refractivity contribution >= 4 is 33.4 Å². The summed E-state index contributed by atoms with van der Waals surface area (Å²) in [5.74, 6) is 0.359. The molecule has 0 unspecified atom stereocenters. The van der Waals surface area contributed by atoms with Crippen molar-refractivity contribution in [1.82, 2.24) is 14.9 Å². The van der Waals surface area contributed by atoms with Crippen LogP contribution in [0.4, 0.5) is 0 Å². The molecule has 2 amide bonds. The van der Waals surface area contributed by atoms with Gasteiger partial charge in [-0.05, 0) is 39.2 Å². The van der Waals surface area contributed by atoms with Gasteiger partial charge in [-0.2, -0.15) is 0 Å². The SMILES string of the molecule is Cc1nc(C)c2c(C)c(C(=O)N3CCC(C(N)=O)CC3)sc2n1. The zero-order valence-electron chi connectivity index (χ0n) is 13.5. The molecular weight excluding hydrogens is 312 g/mol. The minimum atomic E-state index is -0.267. The number of carbonyl (C=O) groups excluding carboxylic acids is 2. The largest absolute Gasteiger partial charge is 0.369 e. The molecule has 122 valence electrons. The van der Waals surface area contributed by atoms with Gasteiger partial charge in [-0.1, -0.05) is 0 Å². The zero-order valence-corrected chi connectivity index (χ0v) is 14.4. The Balaban J connectivity index is 1.89. The van der Waals surface area contributed by atoms with Gasteiger partial charge in [-0.15, -0.1) is 11.3 Å². The Hall–Kier alpha value is -2.02. The van der Waals surface area contributed by atoms with Gasteiger partial charge in [-0.25, -0.2) is 9.97 Å². The predicted octanol–water partition coefficient (Wildman–Crippen LogP) is 1.95. The Morgan fingerprint density at radius 1 is 1.17 bits per heavy atom. The maximum atomic E-state index is 12.8. The monoisotopic (exact) mass is 332 g/mol. The molecule has 6 nitrogen and oxygen atoms in total. The number of likely N-dealkylation sites (tertiary alicyclic amines) is 1. The van der Waals surface area contributed by atoms with Gasteiger partial charge in [0.2, 0.25) is 5.91 Å². The molecule has 0 radical (unpaired) electrons. The molecule has 1 fully saturated rings. The van der Waals surface area contributed by atoms with E-state index in [4.69, 9.17) is 5.73 Å². The van der Waals surface area contributed by atoms with Gasteiger partial charge < -0.3 is 10.6 Å². The van der Waals surface area contributed by atoms with Crippen LogP contribution in [0, 0.1) is 26.7 Å². The summed E-state index contributed by atoms with van der Waals surface area (Å²) in [6.45, 7) is 6.91. The van der Waals surface area contributed by atoms with Crippen molar-refractivity contribution in [3.05, 3.63) is 22.0 Å². The van der Waals surface area contributed by atoms with Crippen LogP contribution in [0.5, 0.6) is 0 Å². The van der Waals surface area contributed by atoms with Crippen molar-refractivity contribution in [2.45, 2.75) is 33.6 Å². The number of carbonyl (C=O) groups is 2. The summed E-state index contributed by atoms with van der Waals surface area (Å²) in [6.07, 6.45) is 1.28. The average Bonchev–Trinajstić information content (AvgIpc) is 2.83. The van der Waals surface area contributed by atoms with Crippen molar-refractivity contribution in [3.8, 4) is 0 Å². The number of aryl methyl sites for hydroxylation is 3. The lowest BCUT2D eigenvalue weighted by molar-refractivity contribution is -0.123. The normalized spacial score (nSPS) is 16.0. The van der Waals surface area contributed by atoms with Gasteiger partial charge in [-0.3, -0.25) is 9.59 Å². The number of nitrogens with two attached hydrogens (primary N) is 1. The smallest absolute Gasteiger partial charge is 0.264 e. The Bertz CT molecular complexity index is 791. The molecule has 0 spiro atoms. The van der Waals surface area contributed by atoms with E-state index >= 15 is 0 Å². The highest BCUT2D eigenvalue weighted by atomic mass is 32.1. The molecule has 0 aliphatic carbocycles. The fourth-order valence-electron chi connectivity index (χ4n) is 3.19. The van der Waals surface area contributed by atoms with Gasteiger partial charge in [0.05, 0.1) is 4.88 Å². The summed E-state index contributed by atoms with van der Waals surface area (Å²) < 4.78 is 0. The zero-order chi connectivity index (χ0) is 16.7. The molecule has 2 aromatic heterocycles. The summed E-state index contributed by atoms with van der Waals surface area (Å²) >= 11 is 1.43. The molecule has 2 N–H and O–H groups in total. The Kier molecular flexibility index (Phi) is 4.06. The minimum Gasteiger partial charge on any atom is -0.369 e. The predicted molar refractivity (Wildman–Crippen MR) is 89.4 cm³/mol. The van der Waals surface area contributed by atoms with Crippen LogP contribution in [0.1, 0.15) is 39.6 Å². The van der Waals surface area contributed by atoms with Crippen LogP contribution in [-0.4, -0.2) is 39.8 Å². The number of hydrogen-bond donors (Lipinski definition) is 1. The number of nitrogens with zero attached hydrogens (tertiary/aromatic N) is 3. The van der Waals surface area contributed by atoms with E-state index in [9.17, 15) is 9.59 Å². The van der Waals surface area contributed by atoms with E-state index in [1.165, 1.54) is 11.3 Å². The first-order valence-electron chi connectivity index (χ1n) is 7.71. The number of hydrogen-bond acceptors (Lipinski definition) is 5. The van der Waals surface area contributed by atoms with Crippen LogP contribution in [0.3, 0.4) is 0 Å². The van der Waals surface area contributed by atoms with Crippen molar-refractivity contribution in [3.63, 3.8) is 0 Å². The number of aromatic nitrogens is 2. The van der Waals surface area contributed by atoms with Gasteiger partial charge in [0.1, 0.15) is 10.7 Å². The molecule has 3 heterocycles. The second kappa shape index (κ2) is 5.88. The third-order valence-corrected chi connectivity index (χ3v) is 5.64. The second-order valence-corrected chi connectivity index (χ2v) is 7.06. The molecule has 3 rings (SSSR count). The average molecular weight is 332 g/mol. The summed E-state index contributed by atoms with van der Waals surface area (Å²) in [7, 11) is 0. The standard InChI is InChI=1S/C16H20N4O2S/c1-8-12-9(2)18-10(3)19-15(12)23-13(8)16(22)20-6-4-11(5-7-20)14(17)21/h11H,4-7H2,1-3H3,(H2,17,21). The van der Waals surface area contributed by atoms with E-state index in [-0.39, 0.29) is 17.7 Å². The lowest BCUT2D eigenvalue weighted by Crippen LogP contribution is -2.41. The maximum absolute atomic E-state index is 12.8. The highest BCUT2D eigenvalue weighted by Gasteiger charge is 2.29. The number of fused-ring (bicyclic) bond motifs is 1. The van der Waals surface area contributed by atoms with Crippen molar-refractivity contribution in [1.29, 1.82) is 0 Å². The first-order chi connectivity index (χ1) is 10.9.